The van der Waals surface area contributed by atoms with Gasteiger partial charge in [0.2, 0.25) is 0 Å². The fourth-order valence-electron chi connectivity index (χ4n) is 2.79. The van der Waals surface area contributed by atoms with Gasteiger partial charge < -0.3 is 5.73 Å². The number of ketones is 1. The summed E-state index contributed by atoms with van der Waals surface area (Å²) < 4.78 is 40.8. The number of carbonyl (C=O) groups is 1. The largest absolute Gasteiger partial charge is 0.417 e. The van der Waals surface area contributed by atoms with Crippen molar-refractivity contribution in [2.75, 3.05) is 6.54 Å². The Morgan fingerprint density at radius 3 is 2.42 bits per heavy atom. The summed E-state index contributed by atoms with van der Waals surface area (Å²) in [6, 6.07) is 9.29. The normalized spacial score (nSPS) is 11.9. The zero-order chi connectivity index (χ0) is 19.1. The van der Waals surface area contributed by atoms with Crippen LogP contribution in [0.5, 0.6) is 0 Å². The molecule has 3 aromatic rings. The van der Waals surface area contributed by atoms with E-state index in [0.717, 1.165) is 11.6 Å². The molecule has 26 heavy (non-hydrogen) atoms. The lowest BCUT2D eigenvalue weighted by Crippen LogP contribution is -2.07. The molecule has 3 rings (SSSR count). The number of carbonyl (C=O) groups excluding carboxylic acids is 1. The quantitative estimate of drug-likeness (QED) is 0.681. The number of rotatable bonds is 4. The molecule has 136 valence electrons. The average Bonchev–Trinajstić information content (AvgIpc) is 2.93. The van der Waals surface area contributed by atoms with E-state index >= 15 is 0 Å². The molecule has 2 aromatic carbocycles. The van der Waals surface area contributed by atoms with Gasteiger partial charge in [0.1, 0.15) is 0 Å². The minimum Gasteiger partial charge on any atom is -0.330 e. The van der Waals surface area contributed by atoms with Gasteiger partial charge in [-0.05, 0) is 42.8 Å². The van der Waals surface area contributed by atoms with Gasteiger partial charge in [-0.25, -0.2) is 4.98 Å². The molecule has 0 fully saturated rings. The summed E-state index contributed by atoms with van der Waals surface area (Å²) in [5.41, 5.74) is 6.56. The number of nitrogens with zero attached hydrogens (tertiary/aromatic N) is 2. The summed E-state index contributed by atoms with van der Waals surface area (Å²) >= 11 is 5.84. The Morgan fingerprint density at radius 2 is 1.88 bits per heavy atom. The Kier molecular flexibility index (Phi) is 4.77. The first-order valence-electron chi connectivity index (χ1n) is 7.82. The van der Waals surface area contributed by atoms with Crippen LogP contribution in [0.15, 0.2) is 36.4 Å². The molecule has 0 aliphatic rings. The topological polar surface area (TPSA) is 60.9 Å². The molecule has 2 N–H and O–H groups in total. The van der Waals surface area contributed by atoms with Gasteiger partial charge in [0, 0.05) is 12.6 Å². The molecular formula is C18H15ClF3N3O. The monoisotopic (exact) mass is 381 g/mol. The predicted molar refractivity (Wildman–Crippen MR) is 93.8 cm³/mol. The number of imidazole rings is 1. The SMILES string of the molecule is CC(=O)c1nc2cc(C(F)(F)F)c(Cl)cc2n1-c1ccc(CCN)cc1. The Bertz CT molecular complexity index is 978. The van der Waals surface area contributed by atoms with Crippen molar-refractivity contribution in [3.05, 3.63) is 58.4 Å². The van der Waals surface area contributed by atoms with E-state index in [0.29, 0.717) is 24.2 Å². The third kappa shape index (κ3) is 3.32. The minimum absolute atomic E-state index is 0.0435. The van der Waals surface area contributed by atoms with E-state index in [4.69, 9.17) is 17.3 Å². The van der Waals surface area contributed by atoms with E-state index in [-0.39, 0.29) is 17.1 Å². The van der Waals surface area contributed by atoms with Crippen molar-refractivity contribution < 1.29 is 18.0 Å². The van der Waals surface area contributed by atoms with Gasteiger partial charge in [0.05, 0.1) is 21.6 Å². The van der Waals surface area contributed by atoms with Crippen LogP contribution in [-0.2, 0) is 12.6 Å². The molecule has 0 spiro atoms. The average molecular weight is 382 g/mol. The second-order valence-corrected chi connectivity index (χ2v) is 6.26. The summed E-state index contributed by atoms with van der Waals surface area (Å²) in [5.74, 6) is -0.320. The van der Waals surface area contributed by atoms with E-state index < -0.39 is 16.8 Å². The first kappa shape index (κ1) is 18.4. The van der Waals surface area contributed by atoms with Crippen molar-refractivity contribution in [3.8, 4) is 5.69 Å². The summed E-state index contributed by atoms with van der Waals surface area (Å²) in [5, 5.41) is -0.444. The third-order valence-electron chi connectivity index (χ3n) is 3.99. The zero-order valence-electron chi connectivity index (χ0n) is 13.8. The van der Waals surface area contributed by atoms with Crippen LogP contribution in [0.4, 0.5) is 13.2 Å². The molecule has 0 saturated carbocycles. The Labute approximate surface area is 152 Å². The van der Waals surface area contributed by atoms with Gasteiger partial charge >= 0.3 is 6.18 Å². The van der Waals surface area contributed by atoms with E-state index in [1.165, 1.54) is 17.6 Å². The number of benzene rings is 2. The number of aromatic nitrogens is 2. The van der Waals surface area contributed by atoms with Crippen molar-refractivity contribution in [2.45, 2.75) is 19.5 Å². The Morgan fingerprint density at radius 1 is 1.23 bits per heavy atom. The number of Topliss-reactive ketones (excluding diaryl/α,β-unsaturated/α-hetero) is 1. The molecule has 0 saturated heterocycles. The van der Waals surface area contributed by atoms with Gasteiger partial charge in [0.25, 0.3) is 0 Å². The molecule has 0 aliphatic heterocycles. The molecule has 1 heterocycles. The molecule has 0 atom stereocenters. The Hall–Kier alpha value is -2.38. The molecule has 0 aliphatic carbocycles. The lowest BCUT2D eigenvalue weighted by Gasteiger charge is -2.11. The van der Waals surface area contributed by atoms with Crippen LogP contribution in [0.25, 0.3) is 16.7 Å². The maximum Gasteiger partial charge on any atom is 0.417 e. The third-order valence-corrected chi connectivity index (χ3v) is 4.30. The fourth-order valence-corrected chi connectivity index (χ4v) is 3.06. The van der Waals surface area contributed by atoms with E-state index in [2.05, 4.69) is 4.98 Å². The van der Waals surface area contributed by atoms with Gasteiger partial charge in [-0.3, -0.25) is 9.36 Å². The van der Waals surface area contributed by atoms with Crippen LogP contribution in [0.1, 0.15) is 28.7 Å². The van der Waals surface area contributed by atoms with Crippen LogP contribution in [-0.4, -0.2) is 21.9 Å². The number of fused-ring (bicyclic) bond motifs is 1. The highest BCUT2D eigenvalue weighted by atomic mass is 35.5. The summed E-state index contributed by atoms with van der Waals surface area (Å²) in [7, 11) is 0. The van der Waals surface area contributed by atoms with Crippen molar-refractivity contribution in [2.24, 2.45) is 5.73 Å². The zero-order valence-corrected chi connectivity index (χ0v) is 14.5. The second-order valence-electron chi connectivity index (χ2n) is 5.85. The maximum absolute atomic E-state index is 13.1. The Balaban J connectivity index is 2.24. The molecule has 0 bridgehead atoms. The summed E-state index contributed by atoms with van der Waals surface area (Å²) in [4.78, 5) is 16.1. The van der Waals surface area contributed by atoms with Crippen LogP contribution >= 0.6 is 11.6 Å². The first-order valence-corrected chi connectivity index (χ1v) is 8.19. The van der Waals surface area contributed by atoms with Crippen molar-refractivity contribution >= 4 is 28.4 Å². The van der Waals surface area contributed by atoms with Crippen molar-refractivity contribution in [3.63, 3.8) is 0 Å². The van der Waals surface area contributed by atoms with E-state index in [1.54, 1.807) is 12.1 Å². The van der Waals surface area contributed by atoms with Gasteiger partial charge in [-0.15, -0.1) is 0 Å². The van der Waals surface area contributed by atoms with Crippen molar-refractivity contribution in [1.82, 2.24) is 9.55 Å². The van der Waals surface area contributed by atoms with Gasteiger partial charge in [-0.2, -0.15) is 13.2 Å². The number of hydrogen-bond acceptors (Lipinski definition) is 3. The molecule has 1 aromatic heterocycles. The van der Waals surface area contributed by atoms with Gasteiger partial charge in [0.15, 0.2) is 11.6 Å². The van der Waals surface area contributed by atoms with Crippen LogP contribution in [0.3, 0.4) is 0 Å². The van der Waals surface area contributed by atoms with Gasteiger partial charge in [-0.1, -0.05) is 23.7 Å². The molecule has 8 heteroatoms. The second kappa shape index (κ2) is 6.74. The highest BCUT2D eigenvalue weighted by Crippen LogP contribution is 2.37. The number of hydrogen-bond donors (Lipinski definition) is 1. The standard InChI is InChI=1S/C18H15ClF3N3O/c1-10(26)17-24-15-8-13(18(20,21)22)14(19)9-16(15)25(17)12-4-2-11(3-5-12)6-7-23/h2-5,8-9H,6-7,23H2,1H3. The number of nitrogens with two attached hydrogens (primary N) is 1. The van der Waals surface area contributed by atoms with Crippen LogP contribution in [0.2, 0.25) is 5.02 Å². The smallest absolute Gasteiger partial charge is 0.330 e. The molecular weight excluding hydrogens is 367 g/mol. The number of alkyl halides is 3. The fraction of sp³-hybridized carbons (Fsp3) is 0.222. The summed E-state index contributed by atoms with van der Waals surface area (Å²) in [6.07, 6.45) is -3.90. The minimum atomic E-state index is -4.60. The highest BCUT2D eigenvalue weighted by molar-refractivity contribution is 6.32. The van der Waals surface area contributed by atoms with Crippen LogP contribution < -0.4 is 5.73 Å². The van der Waals surface area contributed by atoms with Crippen LogP contribution in [0, 0.1) is 0 Å². The first-order chi connectivity index (χ1) is 12.2. The molecule has 0 radical (unpaired) electrons. The molecule has 0 unspecified atom stereocenters. The predicted octanol–water partition coefficient (Wildman–Crippen LogP) is 4.40. The van der Waals surface area contributed by atoms with E-state index in [9.17, 15) is 18.0 Å². The van der Waals surface area contributed by atoms with Crippen molar-refractivity contribution in [1.29, 1.82) is 0 Å². The lowest BCUT2D eigenvalue weighted by atomic mass is 10.1. The molecule has 4 nitrogen and oxygen atoms in total. The number of halogens is 4. The summed E-state index contributed by atoms with van der Waals surface area (Å²) in [6.45, 7) is 1.81. The van der Waals surface area contributed by atoms with E-state index in [1.807, 2.05) is 12.1 Å². The highest BCUT2D eigenvalue weighted by Gasteiger charge is 2.34. The molecule has 0 amide bonds. The lowest BCUT2D eigenvalue weighted by molar-refractivity contribution is -0.137. The maximum atomic E-state index is 13.1.